The largest absolute Gasteiger partial charge is 0.374 e. The van der Waals surface area contributed by atoms with Gasteiger partial charge in [-0.25, -0.2) is 0 Å². The molecule has 0 bridgehead atoms. The first-order valence-electron chi connectivity index (χ1n) is 5.42. The fourth-order valence-electron chi connectivity index (χ4n) is 1.40. The summed E-state index contributed by atoms with van der Waals surface area (Å²) in [7, 11) is 2.02. The molecule has 0 spiro atoms. The van der Waals surface area contributed by atoms with E-state index in [-0.39, 0.29) is 5.54 Å². The van der Waals surface area contributed by atoms with E-state index in [4.69, 9.17) is 11.0 Å². The van der Waals surface area contributed by atoms with Crippen LogP contribution in [0.25, 0.3) is 0 Å². The quantitative estimate of drug-likeness (QED) is 0.840. The molecule has 1 aromatic carbocycles. The van der Waals surface area contributed by atoms with E-state index in [1.807, 2.05) is 45.2 Å². The number of hydrogen-bond donors (Lipinski definition) is 1. The fourth-order valence-corrected chi connectivity index (χ4v) is 1.40. The summed E-state index contributed by atoms with van der Waals surface area (Å²) in [4.78, 5) is 2.12. The molecule has 1 rings (SSSR count). The summed E-state index contributed by atoms with van der Waals surface area (Å²) in [6.07, 6.45) is 0.917. The number of rotatable bonds is 4. The van der Waals surface area contributed by atoms with Gasteiger partial charge in [-0.3, -0.25) is 0 Å². The molecule has 2 N–H and O–H groups in total. The zero-order chi connectivity index (χ0) is 12.2. The molecule has 86 valence electrons. The molecule has 0 aliphatic heterocycles. The van der Waals surface area contributed by atoms with Crippen molar-refractivity contribution in [3.63, 3.8) is 0 Å². The Labute approximate surface area is 97.5 Å². The maximum atomic E-state index is 8.81. The Morgan fingerprint density at radius 3 is 2.69 bits per heavy atom. The van der Waals surface area contributed by atoms with Crippen LogP contribution < -0.4 is 10.6 Å². The third-order valence-electron chi connectivity index (χ3n) is 2.51. The Bertz CT molecular complexity index is 385. The van der Waals surface area contributed by atoms with E-state index >= 15 is 0 Å². The van der Waals surface area contributed by atoms with Gasteiger partial charge in [-0.1, -0.05) is 6.07 Å². The predicted octanol–water partition coefficient (Wildman–Crippen LogP) is 2.12. The Kier molecular flexibility index (Phi) is 3.92. The minimum absolute atomic E-state index is 0.152. The number of nitrogens with two attached hydrogens (primary N) is 1. The lowest BCUT2D eigenvalue weighted by Crippen LogP contribution is -2.36. The van der Waals surface area contributed by atoms with Crippen LogP contribution in [0.5, 0.6) is 0 Å². The second-order valence-corrected chi connectivity index (χ2v) is 4.82. The van der Waals surface area contributed by atoms with Crippen LogP contribution >= 0.6 is 0 Å². The van der Waals surface area contributed by atoms with Crippen LogP contribution in [-0.4, -0.2) is 19.1 Å². The molecular formula is C13H19N3. The normalized spacial score (nSPS) is 10.9. The van der Waals surface area contributed by atoms with Gasteiger partial charge in [0, 0.05) is 24.8 Å². The van der Waals surface area contributed by atoms with Crippen molar-refractivity contribution in [3.8, 4) is 6.07 Å². The molecule has 0 amide bonds. The molecule has 0 aliphatic carbocycles. The highest BCUT2D eigenvalue weighted by atomic mass is 15.1. The molecular weight excluding hydrogens is 198 g/mol. The smallest absolute Gasteiger partial charge is 0.0992 e. The Morgan fingerprint density at radius 2 is 2.12 bits per heavy atom. The van der Waals surface area contributed by atoms with E-state index in [0.717, 1.165) is 18.7 Å². The van der Waals surface area contributed by atoms with E-state index in [1.54, 1.807) is 0 Å². The highest BCUT2D eigenvalue weighted by Crippen LogP contribution is 2.16. The van der Waals surface area contributed by atoms with Crippen LogP contribution in [-0.2, 0) is 0 Å². The molecule has 0 radical (unpaired) electrons. The van der Waals surface area contributed by atoms with Crippen LogP contribution in [0, 0.1) is 11.3 Å². The van der Waals surface area contributed by atoms with Crippen molar-refractivity contribution in [1.82, 2.24) is 0 Å². The summed E-state index contributed by atoms with van der Waals surface area (Å²) >= 11 is 0. The molecule has 0 saturated carbocycles. The standard InChI is InChI=1S/C13H19N3/c1-13(2,15)7-8-16(3)12-6-4-5-11(9-12)10-14/h4-6,9H,7-8,15H2,1-3H3. The van der Waals surface area contributed by atoms with Gasteiger partial charge in [0.15, 0.2) is 0 Å². The maximum Gasteiger partial charge on any atom is 0.0992 e. The first-order valence-corrected chi connectivity index (χ1v) is 5.42. The summed E-state index contributed by atoms with van der Waals surface area (Å²) in [5.74, 6) is 0. The van der Waals surface area contributed by atoms with Gasteiger partial charge in [0.05, 0.1) is 11.6 Å². The average molecular weight is 217 g/mol. The lowest BCUT2D eigenvalue weighted by atomic mass is 10.0. The van der Waals surface area contributed by atoms with Crippen LogP contribution in [0.2, 0.25) is 0 Å². The van der Waals surface area contributed by atoms with Crippen molar-refractivity contribution < 1.29 is 0 Å². The van der Waals surface area contributed by atoms with Gasteiger partial charge < -0.3 is 10.6 Å². The topological polar surface area (TPSA) is 53.0 Å². The highest BCUT2D eigenvalue weighted by Gasteiger charge is 2.12. The van der Waals surface area contributed by atoms with Gasteiger partial charge in [-0.15, -0.1) is 0 Å². The van der Waals surface area contributed by atoms with E-state index in [2.05, 4.69) is 11.0 Å². The molecule has 0 saturated heterocycles. The van der Waals surface area contributed by atoms with Crippen LogP contribution in [0.1, 0.15) is 25.8 Å². The first kappa shape index (κ1) is 12.5. The lowest BCUT2D eigenvalue weighted by Gasteiger charge is -2.25. The molecule has 0 atom stereocenters. The molecule has 0 heterocycles. The van der Waals surface area contributed by atoms with Crippen molar-refractivity contribution >= 4 is 5.69 Å². The van der Waals surface area contributed by atoms with Crippen molar-refractivity contribution in [3.05, 3.63) is 29.8 Å². The molecule has 0 unspecified atom stereocenters. The minimum atomic E-state index is -0.152. The molecule has 0 aromatic heterocycles. The third kappa shape index (κ3) is 3.92. The van der Waals surface area contributed by atoms with Crippen molar-refractivity contribution in [2.24, 2.45) is 5.73 Å². The van der Waals surface area contributed by atoms with E-state index < -0.39 is 0 Å². The average Bonchev–Trinajstić information content (AvgIpc) is 2.25. The van der Waals surface area contributed by atoms with Gasteiger partial charge >= 0.3 is 0 Å². The Morgan fingerprint density at radius 1 is 1.44 bits per heavy atom. The van der Waals surface area contributed by atoms with Crippen LogP contribution in [0.3, 0.4) is 0 Å². The minimum Gasteiger partial charge on any atom is -0.374 e. The van der Waals surface area contributed by atoms with Gasteiger partial charge in [0.1, 0.15) is 0 Å². The third-order valence-corrected chi connectivity index (χ3v) is 2.51. The molecule has 3 heteroatoms. The van der Waals surface area contributed by atoms with Gasteiger partial charge in [0.2, 0.25) is 0 Å². The van der Waals surface area contributed by atoms with Crippen molar-refractivity contribution in [2.45, 2.75) is 25.8 Å². The number of nitrogens with zero attached hydrogens (tertiary/aromatic N) is 2. The second kappa shape index (κ2) is 5.00. The summed E-state index contributed by atoms with van der Waals surface area (Å²) in [5.41, 5.74) is 7.54. The predicted molar refractivity (Wildman–Crippen MR) is 67.3 cm³/mol. The first-order chi connectivity index (χ1) is 7.42. The SMILES string of the molecule is CN(CCC(C)(C)N)c1cccc(C#N)c1. The van der Waals surface area contributed by atoms with E-state index in [9.17, 15) is 0 Å². The molecule has 1 aromatic rings. The highest BCUT2D eigenvalue weighted by molar-refractivity contribution is 5.50. The molecule has 3 nitrogen and oxygen atoms in total. The molecule has 0 aliphatic rings. The van der Waals surface area contributed by atoms with E-state index in [1.165, 1.54) is 0 Å². The van der Waals surface area contributed by atoms with Gasteiger partial charge in [-0.05, 0) is 38.5 Å². The van der Waals surface area contributed by atoms with Crippen LogP contribution in [0.15, 0.2) is 24.3 Å². The Hall–Kier alpha value is -1.53. The molecule has 0 fully saturated rings. The van der Waals surface area contributed by atoms with Crippen molar-refractivity contribution in [2.75, 3.05) is 18.5 Å². The Balaban J connectivity index is 2.66. The summed E-state index contributed by atoms with van der Waals surface area (Å²) in [5, 5.41) is 8.81. The number of nitriles is 1. The van der Waals surface area contributed by atoms with E-state index in [0.29, 0.717) is 5.56 Å². The second-order valence-electron chi connectivity index (χ2n) is 4.82. The zero-order valence-corrected chi connectivity index (χ0v) is 10.2. The number of anilines is 1. The molecule has 16 heavy (non-hydrogen) atoms. The number of hydrogen-bond acceptors (Lipinski definition) is 3. The number of benzene rings is 1. The van der Waals surface area contributed by atoms with Crippen molar-refractivity contribution in [1.29, 1.82) is 5.26 Å². The van der Waals surface area contributed by atoms with Gasteiger partial charge in [0.25, 0.3) is 0 Å². The summed E-state index contributed by atoms with van der Waals surface area (Å²) in [6.45, 7) is 4.93. The maximum absolute atomic E-state index is 8.81. The fraction of sp³-hybridized carbons (Fsp3) is 0.462. The monoisotopic (exact) mass is 217 g/mol. The van der Waals surface area contributed by atoms with Gasteiger partial charge in [-0.2, -0.15) is 5.26 Å². The summed E-state index contributed by atoms with van der Waals surface area (Å²) in [6, 6.07) is 9.75. The van der Waals surface area contributed by atoms with Crippen LogP contribution in [0.4, 0.5) is 5.69 Å². The zero-order valence-electron chi connectivity index (χ0n) is 10.2. The summed E-state index contributed by atoms with van der Waals surface area (Å²) < 4.78 is 0. The lowest BCUT2D eigenvalue weighted by molar-refractivity contribution is 0.479.